The highest BCUT2D eigenvalue weighted by Gasteiger charge is 2.61. The van der Waals surface area contributed by atoms with Crippen LogP contribution < -0.4 is 10.6 Å². The Hall–Kier alpha value is -6.80. The molecule has 4 heterocycles. The van der Waals surface area contributed by atoms with Gasteiger partial charge in [0.05, 0.1) is 47.9 Å². The minimum absolute atomic E-state index is 0.0327. The Balaban J connectivity index is 0.870. The minimum atomic E-state index is -0.795. The fourth-order valence-electron chi connectivity index (χ4n) is 11.1. The maximum absolute atomic E-state index is 14.6. The smallest absolute Gasteiger partial charge is 0.407 e. The molecule has 14 nitrogen and oxygen atoms in total. The summed E-state index contributed by atoms with van der Waals surface area (Å²) in [4.78, 5) is 75.4. The van der Waals surface area contributed by atoms with Crippen LogP contribution in [0.2, 0.25) is 0 Å². The van der Waals surface area contributed by atoms with Crippen LogP contribution in [0.4, 0.5) is 4.79 Å². The van der Waals surface area contributed by atoms with Crippen molar-refractivity contribution in [1.29, 1.82) is 0 Å². The van der Waals surface area contributed by atoms with E-state index in [-0.39, 0.29) is 53.6 Å². The lowest BCUT2D eigenvalue weighted by molar-refractivity contribution is -0.138. The van der Waals surface area contributed by atoms with E-state index in [0.29, 0.717) is 31.4 Å². The standard InChI is InChI=1S/C53H56N8O6/c1-27(2)43(59-53(65)67-5)52(64)61-42(24-38-28(3)47(38)61)49-55-40-20-16-35-23-33(14-18-37(35)46(40)57-49)32-13-17-36-34(22-32)15-19-39-45(36)56-48(54-39)41-21-29(26-66-4)25-60(41)51(63)44(30-9-7-6-8-10-30)58-50(62)31-11-12-31/h6-10,13-20,22-23,27-29,31,38,41-44,47H,11-12,21,24-26H2,1-5H3,(H,54,56)(H,55,57)(H,58,62)(H,59,65)/t28?,29-,38?,41-,42-,43?,44+,47?/m0/s1. The van der Waals surface area contributed by atoms with Crippen LogP contribution in [0.3, 0.4) is 0 Å². The fourth-order valence-corrected chi connectivity index (χ4v) is 11.1. The predicted octanol–water partition coefficient (Wildman–Crippen LogP) is 8.50. The molecule has 14 heteroatoms. The number of likely N-dealkylation sites (tertiary alicyclic amines) is 2. The Labute approximate surface area is 388 Å². The van der Waals surface area contributed by atoms with E-state index in [1.54, 1.807) is 7.11 Å². The normalized spacial score (nSPS) is 23.3. The van der Waals surface area contributed by atoms with Gasteiger partial charge >= 0.3 is 6.09 Å². The molecule has 2 saturated carbocycles. The summed E-state index contributed by atoms with van der Waals surface area (Å²) in [5, 5.41) is 10.1. The first kappa shape index (κ1) is 42.8. The molecule has 0 bridgehead atoms. The van der Waals surface area contributed by atoms with Gasteiger partial charge in [0.25, 0.3) is 0 Å². The summed E-state index contributed by atoms with van der Waals surface area (Å²) in [6.07, 6.45) is 2.59. The van der Waals surface area contributed by atoms with Crippen LogP contribution in [0.15, 0.2) is 91.0 Å². The van der Waals surface area contributed by atoms with Crippen LogP contribution in [0.5, 0.6) is 0 Å². The summed E-state index contributed by atoms with van der Waals surface area (Å²) >= 11 is 0. The summed E-state index contributed by atoms with van der Waals surface area (Å²) < 4.78 is 10.5. The van der Waals surface area contributed by atoms with Gasteiger partial charge in [0.1, 0.15) is 23.7 Å². The number of nitrogens with zero attached hydrogens (tertiary/aromatic N) is 4. The predicted molar refractivity (Wildman–Crippen MR) is 255 cm³/mol. The molecule has 11 rings (SSSR count). The van der Waals surface area contributed by atoms with Crippen LogP contribution in [0.1, 0.15) is 81.8 Å². The Morgan fingerprint density at radius 3 is 1.97 bits per heavy atom. The number of methoxy groups -OCH3 is 2. The van der Waals surface area contributed by atoms with Gasteiger partial charge in [-0.05, 0) is 95.2 Å². The van der Waals surface area contributed by atoms with E-state index in [1.807, 2.05) is 66.1 Å². The van der Waals surface area contributed by atoms with Crippen molar-refractivity contribution >= 4 is 67.4 Å². The summed E-state index contributed by atoms with van der Waals surface area (Å²) in [6.45, 7) is 7.06. The molecule has 4 amide bonds. The highest BCUT2D eigenvalue weighted by molar-refractivity contribution is 6.07. The first-order chi connectivity index (χ1) is 32.5. The Morgan fingerprint density at radius 2 is 1.39 bits per heavy atom. The zero-order chi connectivity index (χ0) is 46.2. The molecule has 2 aliphatic carbocycles. The first-order valence-corrected chi connectivity index (χ1v) is 23.7. The number of ether oxygens (including phenoxy) is 2. The SMILES string of the molecule is COC[C@H]1C[C@@H](c2nc3ccc4cc(-c5ccc6c(ccc7nc([C@@H]8CC9C(C)C9N8C(=O)C(NC(=O)OC)C(C)C)[nH]c76)c5)ccc4c3[nH]2)N(C(=O)[C@H](NC(=O)C2CC2)c2ccccc2)C1. The fraction of sp³-hybridized carbons (Fsp3) is 0.396. The van der Waals surface area contributed by atoms with E-state index in [2.05, 4.69) is 76.1 Å². The van der Waals surface area contributed by atoms with Gasteiger partial charge < -0.3 is 39.9 Å². The monoisotopic (exact) mass is 900 g/mol. The molecule has 2 saturated heterocycles. The molecular formula is C53H56N8O6. The number of H-pyrrole nitrogens is 2. The van der Waals surface area contributed by atoms with E-state index >= 15 is 0 Å². The molecule has 4 fully saturated rings. The molecule has 67 heavy (non-hydrogen) atoms. The number of benzene rings is 5. The molecule has 8 atom stereocenters. The lowest BCUT2D eigenvalue weighted by atomic mass is 9.98. The molecule has 4 N–H and O–H groups in total. The number of fused-ring (bicyclic) bond motifs is 7. The van der Waals surface area contributed by atoms with Crippen molar-refractivity contribution in [2.75, 3.05) is 27.4 Å². The molecule has 5 aromatic carbocycles. The lowest BCUT2D eigenvalue weighted by Gasteiger charge is -2.32. The third kappa shape index (κ3) is 7.64. The van der Waals surface area contributed by atoms with Crippen molar-refractivity contribution in [3.63, 3.8) is 0 Å². The number of hydrogen-bond donors (Lipinski definition) is 4. The van der Waals surface area contributed by atoms with Crippen molar-refractivity contribution in [2.45, 2.75) is 76.7 Å². The van der Waals surface area contributed by atoms with Crippen molar-refractivity contribution in [3.05, 3.63) is 108 Å². The van der Waals surface area contributed by atoms with Gasteiger partial charge in [-0.15, -0.1) is 0 Å². The van der Waals surface area contributed by atoms with Gasteiger partial charge in [-0.1, -0.05) is 87.5 Å². The number of carbonyl (C=O) groups is 4. The van der Waals surface area contributed by atoms with Crippen molar-refractivity contribution < 1.29 is 28.7 Å². The second-order valence-corrected chi connectivity index (χ2v) is 19.6. The molecule has 2 aromatic heterocycles. The third-order valence-corrected chi connectivity index (χ3v) is 14.9. The Morgan fingerprint density at radius 1 is 0.761 bits per heavy atom. The van der Waals surface area contributed by atoms with Crippen LogP contribution in [0.25, 0.3) is 54.7 Å². The van der Waals surface area contributed by atoms with Gasteiger partial charge in [0, 0.05) is 42.3 Å². The van der Waals surface area contributed by atoms with Gasteiger partial charge in [-0.2, -0.15) is 0 Å². The number of hydrogen-bond acceptors (Lipinski definition) is 8. The van der Waals surface area contributed by atoms with Gasteiger partial charge in [0.15, 0.2) is 0 Å². The molecule has 7 aromatic rings. The first-order valence-electron chi connectivity index (χ1n) is 23.7. The van der Waals surface area contributed by atoms with E-state index in [0.717, 1.165) is 91.2 Å². The van der Waals surface area contributed by atoms with Crippen molar-refractivity contribution in [1.82, 2.24) is 40.4 Å². The summed E-state index contributed by atoms with van der Waals surface area (Å²) in [7, 11) is 3.00. The van der Waals surface area contributed by atoms with E-state index < -0.39 is 18.2 Å². The van der Waals surface area contributed by atoms with Crippen LogP contribution in [-0.2, 0) is 23.9 Å². The van der Waals surface area contributed by atoms with Gasteiger partial charge in [-0.3, -0.25) is 14.4 Å². The van der Waals surface area contributed by atoms with Gasteiger partial charge in [0.2, 0.25) is 17.7 Å². The second-order valence-electron chi connectivity index (χ2n) is 19.6. The number of aromatic amines is 2. The zero-order valence-corrected chi connectivity index (χ0v) is 38.4. The van der Waals surface area contributed by atoms with E-state index in [4.69, 9.17) is 19.4 Å². The molecule has 4 unspecified atom stereocenters. The molecule has 2 aliphatic heterocycles. The number of aromatic nitrogens is 4. The highest BCUT2D eigenvalue weighted by Crippen LogP contribution is 2.58. The number of imidazole rings is 2. The van der Waals surface area contributed by atoms with Gasteiger partial charge in [-0.25, -0.2) is 14.8 Å². The number of rotatable bonds is 12. The number of carbonyl (C=O) groups excluding carboxylic acids is 4. The highest BCUT2D eigenvalue weighted by atomic mass is 16.5. The van der Waals surface area contributed by atoms with E-state index in [1.165, 1.54) is 7.11 Å². The molecule has 0 spiro atoms. The lowest BCUT2D eigenvalue weighted by Crippen LogP contribution is -2.52. The number of amides is 4. The number of piperidine rings is 1. The Kier molecular flexibility index (Phi) is 10.7. The average molecular weight is 901 g/mol. The molecule has 0 radical (unpaired) electrons. The summed E-state index contributed by atoms with van der Waals surface area (Å²) in [5.41, 5.74) is 6.41. The molecule has 4 aliphatic rings. The van der Waals surface area contributed by atoms with Crippen molar-refractivity contribution in [3.8, 4) is 11.1 Å². The van der Waals surface area contributed by atoms with Crippen LogP contribution >= 0.6 is 0 Å². The number of nitrogens with one attached hydrogen (secondary N) is 4. The third-order valence-electron chi connectivity index (χ3n) is 14.9. The Bertz CT molecular complexity index is 3090. The summed E-state index contributed by atoms with van der Waals surface area (Å²) in [5.74, 6) is 1.91. The van der Waals surface area contributed by atoms with E-state index in [9.17, 15) is 19.2 Å². The largest absolute Gasteiger partial charge is 0.453 e. The van der Waals surface area contributed by atoms with Crippen LogP contribution in [0, 0.1) is 29.6 Å². The van der Waals surface area contributed by atoms with Crippen molar-refractivity contribution in [2.24, 2.45) is 29.6 Å². The zero-order valence-electron chi connectivity index (χ0n) is 38.4. The number of alkyl carbamates (subject to hydrolysis) is 1. The average Bonchev–Trinajstić information content (AvgIpc) is 3.95. The molecular weight excluding hydrogens is 845 g/mol. The maximum Gasteiger partial charge on any atom is 0.407 e. The van der Waals surface area contributed by atoms with Crippen LogP contribution in [-0.4, -0.2) is 93.0 Å². The topological polar surface area (TPSA) is 175 Å². The minimum Gasteiger partial charge on any atom is -0.453 e. The maximum atomic E-state index is 14.6. The second kappa shape index (κ2) is 16.8. The quantitative estimate of drug-likeness (QED) is 0.0945. The molecule has 344 valence electrons. The summed E-state index contributed by atoms with van der Waals surface area (Å²) in [6, 6.07) is 28.8.